The number of rotatable bonds is 5. The first-order valence-corrected chi connectivity index (χ1v) is 6.34. The molecule has 2 nitrogen and oxygen atoms in total. The maximum atomic E-state index is 5.32. The normalized spacial score (nSPS) is 11.4. The molecule has 1 rings (SSSR count). The fraction of sp³-hybridized carbons (Fsp3) is 0.385. The largest absolute Gasteiger partial charge is 0.497 e. The lowest BCUT2D eigenvalue weighted by atomic mass is 10.1. The van der Waals surface area contributed by atoms with Gasteiger partial charge in [-0.15, -0.1) is 0 Å². The van der Waals surface area contributed by atoms with Crippen molar-refractivity contribution in [1.29, 1.82) is 0 Å². The summed E-state index contributed by atoms with van der Waals surface area (Å²) < 4.78 is 10.5. The average molecular weight is 285 g/mol. The zero-order valence-corrected chi connectivity index (χ0v) is 11.5. The van der Waals surface area contributed by atoms with Crippen molar-refractivity contribution in [3.63, 3.8) is 0 Å². The van der Waals surface area contributed by atoms with Gasteiger partial charge < -0.3 is 9.47 Å². The van der Waals surface area contributed by atoms with Gasteiger partial charge in [0.2, 0.25) is 0 Å². The SMILES string of the molecule is CCC(=Cc1cc(OC)ccc1OC)CBr. The van der Waals surface area contributed by atoms with Gasteiger partial charge in [-0.05, 0) is 24.6 Å². The van der Waals surface area contributed by atoms with Crippen LogP contribution in [0.5, 0.6) is 11.5 Å². The second-order valence-electron chi connectivity index (χ2n) is 3.40. The Morgan fingerprint density at radius 1 is 1.31 bits per heavy atom. The van der Waals surface area contributed by atoms with E-state index >= 15 is 0 Å². The Bertz CT molecular complexity index is 366. The van der Waals surface area contributed by atoms with Crippen LogP contribution in [0.4, 0.5) is 0 Å². The van der Waals surface area contributed by atoms with E-state index in [0.29, 0.717) is 0 Å². The zero-order valence-electron chi connectivity index (χ0n) is 9.92. The smallest absolute Gasteiger partial charge is 0.126 e. The van der Waals surface area contributed by atoms with Gasteiger partial charge in [0.15, 0.2) is 0 Å². The van der Waals surface area contributed by atoms with Crippen LogP contribution >= 0.6 is 15.9 Å². The molecule has 3 heteroatoms. The summed E-state index contributed by atoms with van der Waals surface area (Å²) in [6, 6.07) is 5.80. The molecule has 0 N–H and O–H groups in total. The van der Waals surface area contributed by atoms with E-state index in [9.17, 15) is 0 Å². The lowest BCUT2D eigenvalue weighted by molar-refractivity contribution is 0.402. The van der Waals surface area contributed by atoms with Gasteiger partial charge in [-0.25, -0.2) is 0 Å². The maximum Gasteiger partial charge on any atom is 0.126 e. The van der Waals surface area contributed by atoms with E-state index in [4.69, 9.17) is 9.47 Å². The lowest BCUT2D eigenvalue weighted by Gasteiger charge is -2.08. The van der Waals surface area contributed by atoms with Gasteiger partial charge in [-0.3, -0.25) is 0 Å². The number of alkyl halides is 1. The van der Waals surface area contributed by atoms with Crippen LogP contribution in [-0.4, -0.2) is 19.5 Å². The number of ether oxygens (including phenoxy) is 2. The first kappa shape index (κ1) is 13.1. The molecule has 0 aliphatic heterocycles. The third-order valence-electron chi connectivity index (χ3n) is 2.42. The van der Waals surface area contributed by atoms with Crippen molar-refractivity contribution in [1.82, 2.24) is 0 Å². The molecule has 0 saturated carbocycles. The number of halogens is 1. The molecule has 0 fully saturated rings. The second-order valence-corrected chi connectivity index (χ2v) is 3.96. The fourth-order valence-corrected chi connectivity index (χ4v) is 1.97. The van der Waals surface area contributed by atoms with Crippen molar-refractivity contribution < 1.29 is 9.47 Å². The predicted octanol–water partition coefficient (Wildman–Crippen LogP) is 3.89. The third kappa shape index (κ3) is 3.27. The highest BCUT2D eigenvalue weighted by Gasteiger charge is 2.03. The predicted molar refractivity (Wildman–Crippen MR) is 71.6 cm³/mol. The Labute approximate surface area is 105 Å². The van der Waals surface area contributed by atoms with Crippen LogP contribution in [0.25, 0.3) is 6.08 Å². The maximum absolute atomic E-state index is 5.32. The number of methoxy groups -OCH3 is 2. The van der Waals surface area contributed by atoms with Crippen LogP contribution < -0.4 is 9.47 Å². The van der Waals surface area contributed by atoms with Gasteiger partial charge in [0, 0.05) is 10.9 Å². The first-order valence-electron chi connectivity index (χ1n) is 5.22. The van der Waals surface area contributed by atoms with Gasteiger partial charge in [0.05, 0.1) is 14.2 Å². The third-order valence-corrected chi connectivity index (χ3v) is 3.14. The first-order chi connectivity index (χ1) is 7.74. The minimum Gasteiger partial charge on any atom is -0.497 e. The number of benzene rings is 1. The molecule has 0 spiro atoms. The Kier molecular flexibility index (Phi) is 5.39. The molecular formula is C13H17BrO2. The summed E-state index contributed by atoms with van der Waals surface area (Å²) in [4.78, 5) is 0. The van der Waals surface area contributed by atoms with Crippen molar-refractivity contribution in [2.75, 3.05) is 19.5 Å². The molecule has 88 valence electrons. The van der Waals surface area contributed by atoms with E-state index in [1.807, 2.05) is 18.2 Å². The van der Waals surface area contributed by atoms with Gasteiger partial charge in [-0.1, -0.05) is 34.5 Å². The molecule has 0 saturated heterocycles. The lowest BCUT2D eigenvalue weighted by Crippen LogP contribution is -1.91. The minimum absolute atomic E-state index is 0.845. The van der Waals surface area contributed by atoms with Crippen LogP contribution in [0.2, 0.25) is 0 Å². The highest BCUT2D eigenvalue weighted by molar-refractivity contribution is 9.09. The van der Waals surface area contributed by atoms with Crippen molar-refractivity contribution in [3.8, 4) is 11.5 Å². The Balaban J connectivity index is 3.13. The van der Waals surface area contributed by atoms with Crippen LogP contribution in [0, 0.1) is 0 Å². The standard InChI is InChI=1S/C13H17BrO2/c1-4-10(9-14)7-11-8-12(15-2)5-6-13(11)16-3/h5-8H,4,9H2,1-3H3. The van der Waals surface area contributed by atoms with Crippen LogP contribution in [-0.2, 0) is 0 Å². The van der Waals surface area contributed by atoms with Crippen molar-refractivity contribution in [2.45, 2.75) is 13.3 Å². The molecule has 0 aliphatic rings. The topological polar surface area (TPSA) is 18.5 Å². The Morgan fingerprint density at radius 3 is 2.56 bits per heavy atom. The number of hydrogen-bond acceptors (Lipinski definition) is 2. The molecule has 16 heavy (non-hydrogen) atoms. The molecule has 1 aromatic carbocycles. The molecular weight excluding hydrogens is 268 g/mol. The summed E-state index contributed by atoms with van der Waals surface area (Å²) in [5, 5.41) is 0.879. The van der Waals surface area contributed by atoms with E-state index < -0.39 is 0 Å². The molecule has 0 heterocycles. The quantitative estimate of drug-likeness (QED) is 0.764. The molecule has 1 aromatic rings. The Morgan fingerprint density at radius 2 is 2.06 bits per heavy atom. The summed E-state index contributed by atoms with van der Waals surface area (Å²) in [6.45, 7) is 2.14. The number of allylic oxidation sites excluding steroid dienone is 1. The van der Waals surface area contributed by atoms with E-state index in [1.165, 1.54) is 5.57 Å². The minimum atomic E-state index is 0.845. The van der Waals surface area contributed by atoms with Crippen molar-refractivity contribution >= 4 is 22.0 Å². The van der Waals surface area contributed by atoms with E-state index in [0.717, 1.165) is 28.8 Å². The molecule has 0 atom stereocenters. The highest BCUT2D eigenvalue weighted by atomic mass is 79.9. The summed E-state index contributed by atoms with van der Waals surface area (Å²) in [6.07, 6.45) is 3.15. The van der Waals surface area contributed by atoms with Crippen molar-refractivity contribution in [2.24, 2.45) is 0 Å². The van der Waals surface area contributed by atoms with Gasteiger partial charge in [0.1, 0.15) is 11.5 Å². The van der Waals surface area contributed by atoms with Crippen LogP contribution in [0.1, 0.15) is 18.9 Å². The summed E-state index contributed by atoms with van der Waals surface area (Å²) in [7, 11) is 3.35. The number of hydrogen-bond donors (Lipinski definition) is 0. The van der Waals surface area contributed by atoms with Gasteiger partial charge in [-0.2, -0.15) is 0 Å². The molecule has 0 aromatic heterocycles. The van der Waals surface area contributed by atoms with E-state index in [-0.39, 0.29) is 0 Å². The average Bonchev–Trinajstić information content (AvgIpc) is 2.35. The van der Waals surface area contributed by atoms with E-state index in [2.05, 4.69) is 28.9 Å². The monoisotopic (exact) mass is 284 g/mol. The molecule has 0 unspecified atom stereocenters. The molecule has 0 radical (unpaired) electrons. The molecule has 0 bridgehead atoms. The fourth-order valence-electron chi connectivity index (χ4n) is 1.41. The molecule has 0 aliphatic carbocycles. The van der Waals surface area contributed by atoms with Gasteiger partial charge >= 0.3 is 0 Å². The van der Waals surface area contributed by atoms with Gasteiger partial charge in [0.25, 0.3) is 0 Å². The second kappa shape index (κ2) is 6.59. The summed E-state index contributed by atoms with van der Waals surface area (Å²) in [5.74, 6) is 1.71. The molecule has 0 amide bonds. The van der Waals surface area contributed by atoms with Crippen molar-refractivity contribution in [3.05, 3.63) is 29.3 Å². The van der Waals surface area contributed by atoms with E-state index in [1.54, 1.807) is 14.2 Å². The Hall–Kier alpha value is -0.960. The van der Waals surface area contributed by atoms with Crippen LogP contribution in [0.3, 0.4) is 0 Å². The summed E-state index contributed by atoms with van der Waals surface area (Å²) in [5.41, 5.74) is 2.38. The zero-order chi connectivity index (χ0) is 12.0. The summed E-state index contributed by atoms with van der Waals surface area (Å²) >= 11 is 3.48. The highest BCUT2D eigenvalue weighted by Crippen LogP contribution is 2.26. The van der Waals surface area contributed by atoms with Crippen LogP contribution in [0.15, 0.2) is 23.8 Å².